The summed E-state index contributed by atoms with van der Waals surface area (Å²) < 4.78 is 39.3. The van der Waals surface area contributed by atoms with Gasteiger partial charge in [0.2, 0.25) is 0 Å². The monoisotopic (exact) mass is 620 g/mol. The SMILES string of the molecule is C[C@H](CP(=O)(OC[C@H]1O[C@@H](n2ccc(=O)[nH]c2=O)C2(CC2)[C@@H]1O)Oc1cccc2ccccc12)C(=O)OCc1ccccc1. The normalized spacial score (nSPS) is 22.4. The number of carbonyl (C=O) groups is 1. The largest absolute Gasteiger partial charge is 0.461 e. The Morgan fingerprint density at radius 2 is 1.80 bits per heavy atom. The van der Waals surface area contributed by atoms with Gasteiger partial charge in [0, 0.05) is 23.1 Å². The Balaban J connectivity index is 1.22. The molecule has 230 valence electrons. The van der Waals surface area contributed by atoms with Gasteiger partial charge in [-0.05, 0) is 29.9 Å². The van der Waals surface area contributed by atoms with Crippen molar-refractivity contribution >= 4 is 24.3 Å². The van der Waals surface area contributed by atoms with Crippen LogP contribution in [0.15, 0.2) is 94.6 Å². The van der Waals surface area contributed by atoms with E-state index in [4.69, 9.17) is 18.5 Å². The Labute approximate surface area is 252 Å². The predicted molar refractivity (Wildman–Crippen MR) is 161 cm³/mol. The molecule has 6 rings (SSSR count). The van der Waals surface area contributed by atoms with Gasteiger partial charge < -0.3 is 19.1 Å². The zero-order valence-corrected chi connectivity index (χ0v) is 24.9. The van der Waals surface area contributed by atoms with Gasteiger partial charge in [-0.3, -0.25) is 23.7 Å². The van der Waals surface area contributed by atoms with Crippen molar-refractivity contribution in [1.29, 1.82) is 0 Å². The standard InChI is InChI=1S/C32H33N2O9P/c1-21(29(37)40-18-22-8-3-2-4-9-22)20-44(39,43-25-13-7-11-23-10-5-6-12-24(23)25)41-19-26-28(36)32(15-16-32)30(42-26)34-17-14-27(35)33-31(34)38/h2-14,17,21,26,28,30,36H,15-16,18-20H2,1H3,(H,33,35,38)/t21-,26-,28-,30-,44?/m1/s1. The lowest BCUT2D eigenvalue weighted by atomic mass is 9.96. The molecule has 0 amide bonds. The number of carbonyl (C=O) groups excluding carboxylic acids is 1. The van der Waals surface area contributed by atoms with Crippen LogP contribution in [0, 0.1) is 11.3 Å². The number of hydrogen-bond donors (Lipinski definition) is 2. The minimum absolute atomic E-state index is 0.0645. The Morgan fingerprint density at radius 3 is 2.55 bits per heavy atom. The molecule has 5 atom stereocenters. The average Bonchev–Trinajstić information content (AvgIpc) is 3.78. The van der Waals surface area contributed by atoms with E-state index in [1.807, 2.05) is 60.7 Å². The molecule has 1 aromatic heterocycles. The van der Waals surface area contributed by atoms with E-state index in [0.717, 1.165) is 10.9 Å². The van der Waals surface area contributed by atoms with E-state index in [2.05, 4.69) is 4.98 Å². The molecule has 1 unspecified atom stereocenters. The number of esters is 1. The summed E-state index contributed by atoms with van der Waals surface area (Å²) in [5, 5.41) is 12.8. The molecule has 44 heavy (non-hydrogen) atoms. The van der Waals surface area contributed by atoms with E-state index in [9.17, 15) is 24.1 Å². The summed E-state index contributed by atoms with van der Waals surface area (Å²) in [4.78, 5) is 39.3. The maximum Gasteiger partial charge on any atom is 0.380 e. The second-order valence-corrected chi connectivity index (χ2v) is 13.4. The van der Waals surface area contributed by atoms with Gasteiger partial charge in [0.25, 0.3) is 5.56 Å². The number of rotatable bonds is 11. The molecule has 2 heterocycles. The van der Waals surface area contributed by atoms with Crippen molar-refractivity contribution in [1.82, 2.24) is 9.55 Å². The molecule has 2 fully saturated rings. The van der Waals surface area contributed by atoms with Crippen LogP contribution in [0.5, 0.6) is 5.75 Å². The first kappa shape index (κ1) is 30.0. The molecular weight excluding hydrogens is 587 g/mol. The summed E-state index contributed by atoms with van der Waals surface area (Å²) in [7, 11) is -4.07. The van der Waals surface area contributed by atoms with Gasteiger partial charge in [0.15, 0.2) is 0 Å². The van der Waals surface area contributed by atoms with Crippen LogP contribution in [0.1, 0.15) is 31.6 Å². The number of hydrogen-bond acceptors (Lipinski definition) is 9. The number of fused-ring (bicyclic) bond motifs is 1. The number of nitrogens with zero attached hydrogens (tertiary/aromatic N) is 1. The lowest BCUT2D eigenvalue weighted by molar-refractivity contribution is -0.148. The quantitative estimate of drug-likeness (QED) is 0.184. The molecule has 1 saturated heterocycles. The summed E-state index contributed by atoms with van der Waals surface area (Å²) >= 11 is 0. The zero-order valence-electron chi connectivity index (χ0n) is 24.0. The maximum atomic E-state index is 14.4. The lowest BCUT2D eigenvalue weighted by Crippen LogP contribution is -2.35. The molecule has 4 aromatic rings. The van der Waals surface area contributed by atoms with E-state index in [1.165, 1.54) is 16.8 Å². The third kappa shape index (κ3) is 6.14. The van der Waals surface area contributed by atoms with Crippen molar-refractivity contribution in [3.63, 3.8) is 0 Å². The predicted octanol–water partition coefficient (Wildman–Crippen LogP) is 4.40. The van der Waals surface area contributed by atoms with Gasteiger partial charge in [-0.1, -0.05) is 73.7 Å². The molecule has 2 aliphatic rings. The maximum absolute atomic E-state index is 14.4. The van der Waals surface area contributed by atoms with Crippen LogP contribution in [0.4, 0.5) is 0 Å². The molecule has 3 aromatic carbocycles. The zero-order chi connectivity index (χ0) is 30.9. The van der Waals surface area contributed by atoms with Crippen LogP contribution < -0.4 is 15.8 Å². The van der Waals surface area contributed by atoms with Gasteiger partial charge in [0.05, 0.1) is 24.8 Å². The Morgan fingerprint density at radius 1 is 1.07 bits per heavy atom. The second kappa shape index (κ2) is 12.2. The fourth-order valence-electron chi connectivity index (χ4n) is 5.67. The highest BCUT2D eigenvalue weighted by molar-refractivity contribution is 7.54. The molecule has 1 aliphatic heterocycles. The molecule has 2 N–H and O–H groups in total. The average molecular weight is 621 g/mol. The van der Waals surface area contributed by atoms with E-state index in [1.54, 1.807) is 19.1 Å². The number of aromatic nitrogens is 2. The van der Waals surface area contributed by atoms with Crippen LogP contribution in [-0.2, 0) is 30.0 Å². The molecular formula is C32H33N2O9P. The van der Waals surface area contributed by atoms with Crippen LogP contribution in [0.3, 0.4) is 0 Å². The highest BCUT2D eigenvalue weighted by Crippen LogP contribution is 2.62. The molecule has 11 nitrogen and oxygen atoms in total. The number of aliphatic hydroxyl groups excluding tert-OH is 1. The van der Waals surface area contributed by atoms with Crippen molar-refractivity contribution in [2.75, 3.05) is 12.8 Å². The fraction of sp³-hybridized carbons (Fsp3) is 0.344. The number of H-pyrrole nitrogens is 1. The Kier molecular flexibility index (Phi) is 8.30. The second-order valence-electron chi connectivity index (χ2n) is 11.4. The van der Waals surface area contributed by atoms with Crippen molar-refractivity contribution in [2.24, 2.45) is 11.3 Å². The number of aromatic amines is 1. The first-order valence-corrected chi connectivity index (χ1v) is 16.2. The lowest BCUT2D eigenvalue weighted by Gasteiger charge is -2.24. The van der Waals surface area contributed by atoms with Crippen LogP contribution in [0.25, 0.3) is 10.8 Å². The van der Waals surface area contributed by atoms with Gasteiger partial charge >= 0.3 is 19.3 Å². The Hall–Kier alpha value is -4.02. The van der Waals surface area contributed by atoms with Crippen LogP contribution in [-0.4, -0.2) is 45.6 Å². The van der Waals surface area contributed by atoms with E-state index in [0.29, 0.717) is 24.0 Å². The molecule has 0 bridgehead atoms. The van der Waals surface area contributed by atoms with Crippen LogP contribution in [0.2, 0.25) is 0 Å². The summed E-state index contributed by atoms with van der Waals surface area (Å²) in [6.07, 6.45) is -0.609. The summed E-state index contributed by atoms with van der Waals surface area (Å²) in [6, 6.07) is 23.2. The molecule has 1 spiro atoms. The number of aliphatic hydroxyl groups is 1. The first-order chi connectivity index (χ1) is 21.2. The summed E-state index contributed by atoms with van der Waals surface area (Å²) in [5.74, 6) is -1.09. The van der Waals surface area contributed by atoms with E-state index < -0.39 is 54.6 Å². The minimum Gasteiger partial charge on any atom is -0.461 e. The summed E-state index contributed by atoms with van der Waals surface area (Å²) in [6.45, 7) is 1.33. The van der Waals surface area contributed by atoms with Crippen molar-refractivity contribution < 1.29 is 33.0 Å². The van der Waals surface area contributed by atoms with Gasteiger partial charge in [-0.15, -0.1) is 0 Å². The summed E-state index contributed by atoms with van der Waals surface area (Å²) in [5.41, 5.74) is -1.13. The number of nitrogens with one attached hydrogen (secondary N) is 1. The van der Waals surface area contributed by atoms with Crippen molar-refractivity contribution in [3.05, 3.63) is 111 Å². The molecule has 1 saturated carbocycles. The smallest absolute Gasteiger partial charge is 0.380 e. The van der Waals surface area contributed by atoms with E-state index in [-0.39, 0.29) is 19.4 Å². The Bertz CT molecular complexity index is 1810. The first-order valence-electron chi connectivity index (χ1n) is 14.4. The topological polar surface area (TPSA) is 146 Å². The minimum atomic E-state index is -4.07. The van der Waals surface area contributed by atoms with Crippen molar-refractivity contribution in [2.45, 2.75) is 44.8 Å². The molecule has 1 aliphatic carbocycles. The van der Waals surface area contributed by atoms with Crippen LogP contribution >= 0.6 is 7.60 Å². The van der Waals surface area contributed by atoms with Gasteiger partial charge in [-0.25, -0.2) is 9.36 Å². The van der Waals surface area contributed by atoms with Gasteiger partial charge in [-0.2, -0.15) is 0 Å². The van der Waals surface area contributed by atoms with E-state index >= 15 is 0 Å². The third-order valence-electron chi connectivity index (χ3n) is 8.21. The molecule has 0 radical (unpaired) electrons. The highest BCUT2D eigenvalue weighted by atomic mass is 31.2. The third-order valence-corrected chi connectivity index (χ3v) is 10.2. The number of benzene rings is 3. The van der Waals surface area contributed by atoms with Gasteiger partial charge in [0.1, 0.15) is 24.7 Å². The van der Waals surface area contributed by atoms with Crippen molar-refractivity contribution in [3.8, 4) is 5.75 Å². The fourth-order valence-corrected chi connectivity index (χ4v) is 7.56. The molecule has 12 heteroatoms. The number of ether oxygens (including phenoxy) is 2. The highest BCUT2D eigenvalue weighted by Gasteiger charge is 2.64.